The second kappa shape index (κ2) is 6.70. The van der Waals surface area contributed by atoms with E-state index in [1.807, 2.05) is 19.9 Å². The van der Waals surface area contributed by atoms with Crippen LogP contribution in [-0.4, -0.2) is 35.0 Å². The van der Waals surface area contributed by atoms with Gasteiger partial charge in [0.2, 0.25) is 0 Å². The van der Waals surface area contributed by atoms with Crippen LogP contribution in [0.5, 0.6) is 0 Å². The number of carboxylic acids is 1. The maximum absolute atomic E-state index is 12.4. The van der Waals surface area contributed by atoms with Gasteiger partial charge in [-0.2, -0.15) is 0 Å². The number of aryl methyl sites for hydroxylation is 1. The minimum atomic E-state index is -0.990. The molecule has 1 unspecified atom stereocenters. The molecule has 0 aromatic carbocycles. The Labute approximate surface area is 123 Å². The van der Waals surface area contributed by atoms with E-state index in [1.54, 1.807) is 11.9 Å². The molecule has 1 aromatic rings. The molecule has 1 amide bonds. The quantitative estimate of drug-likeness (QED) is 0.848. The van der Waals surface area contributed by atoms with E-state index >= 15 is 0 Å². The van der Waals surface area contributed by atoms with Crippen LogP contribution in [0.1, 0.15) is 40.9 Å². The lowest BCUT2D eigenvalue weighted by Gasteiger charge is -2.27. The lowest BCUT2D eigenvalue weighted by atomic mass is 10.1. The van der Waals surface area contributed by atoms with Gasteiger partial charge in [0.1, 0.15) is 0 Å². The van der Waals surface area contributed by atoms with Crippen LogP contribution in [0.4, 0.5) is 0 Å². The smallest absolute Gasteiger partial charge is 0.328 e. The Hall–Kier alpha value is -1.62. The van der Waals surface area contributed by atoms with Crippen molar-refractivity contribution in [2.45, 2.75) is 33.7 Å². The predicted octanol–water partition coefficient (Wildman–Crippen LogP) is 3.27. The van der Waals surface area contributed by atoms with Crippen LogP contribution in [0.15, 0.2) is 12.1 Å². The van der Waals surface area contributed by atoms with Crippen molar-refractivity contribution in [2.24, 2.45) is 5.92 Å². The second-order valence-electron chi connectivity index (χ2n) is 5.23. The standard InChI is InChI=1S/C15H21NO3S/c1-9(2)11(4)16(5)15(19)13-8-10(3)12(20-13)6-7-14(17)18/h6-9,11H,1-5H3,(H,17,18)/b7-6+. The zero-order chi connectivity index (χ0) is 15.4. The van der Waals surface area contributed by atoms with E-state index in [4.69, 9.17) is 5.11 Å². The van der Waals surface area contributed by atoms with Crippen LogP contribution in [0.25, 0.3) is 6.08 Å². The maximum atomic E-state index is 12.4. The van der Waals surface area contributed by atoms with E-state index in [1.165, 1.54) is 17.4 Å². The minimum absolute atomic E-state index is 0.0192. The molecule has 1 heterocycles. The van der Waals surface area contributed by atoms with Crippen molar-refractivity contribution in [3.05, 3.63) is 27.5 Å². The highest BCUT2D eigenvalue weighted by Gasteiger charge is 2.21. The van der Waals surface area contributed by atoms with Crippen molar-refractivity contribution >= 4 is 29.3 Å². The number of rotatable bonds is 5. The van der Waals surface area contributed by atoms with Crippen molar-refractivity contribution in [1.82, 2.24) is 4.90 Å². The topological polar surface area (TPSA) is 57.6 Å². The third-order valence-electron chi connectivity index (χ3n) is 3.44. The Morgan fingerprint density at radius 2 is 1.95 bits per heavy atom. The van der Waals surface area contributed by atoms with Crippen LogP contribution in [0.2, 0.25) is 0 Å². The molecule has 0 spiro atoms. The number of aliphatic carboxylic acids is 1. The summed E-state index contributed by atoms with van der Waals surface area (Å²) in [6, 6.07) is 1.97. The number of amides is 1. The molecular formula is C15H21NO3S. The molecule has 0 bridgehead atoms. The summed E-state index contributed by atoms with van der Waals surface area (Å²) in [5, 5.41) is 8.65. The van der Waals surface area contributed by atoms with Gasteiger partial charge in [0, 0.05) is 24.0 Å². The van der Waals surface area contributed by atoms with Gasteiger partial charge >= 0.3 is 5.97 Å². The minimum Gasteiger partial charge on any atom is -0.478 e. The highest BCUT2D eigenvalue weighted by atomic mass is 32.1. The highest BCUT2D eigenvalue weighted by molar-refractivity contribution is 7.15. The molecule has 1 N–H and O–H groups in total. The Kier molecular flexibility index (Phi) is 5.51. The highest BCUT2D eigenvalue weighted by Crippen LogP contribution is 2.25. The lowest BCUT2D eigenvalue weighted by molar-refractivity contribution is -0.131. The normalized spacial score (nSPS) is 12.9. The molecule has 0 saturated carbocycles. The third kappa shape index (κ3) is 3.93. The Bertz CT molecular complexity index is 531. The van der Waals surface area contributed by atoms with Crippen LogP contribution >= 0.6 is 11.3 Å². The number of carbonyl (C=O) groups is 2. The Morgan fingerprint density at radius 3 is 2.45 bits per heavy atom. The molecule has 1 rings (SSSR count). The van der Waals surface area contributed by atoms with Crippen molar-refractivity contribution in [3.63, 3.8) is 0 Å². The fourth-order valence-corrected chi connectivity index (χ4v) is 2.78. The number of carboxylic acid groups (broad SMARTS) is 1. The number of nitrogens with zero attached hydrogens (tertiary/aromatic N) is 1. The van der Waals surface area contributed by atoms with Gasteiger partial charge < -0.3 is 10.0 Å². The third-order valence-corrected chi connectivity index (χ3v) is 4.63. The van der Waals surface area contributed by atoms with Gasteiger partial charge in [-0.25, -0.2) is 4.79 Å². The summed E-state index contributed by atoms with van der Waals surface area (Å²) in [6.07, 6.45) is 2.62. The number of hydrogen-bond acceptors (Lipinski definition) is 3. The van der Waals surface area contributed by atoms with Gasteiger partial charge in [-0.1, -0.05) is 13.8 Å². The fraction of sp³-hybridized carbons (Fsp3) is 0.467. The summed E-state index contributed by atoms with van der Waals surface area (Å²) >= 11 is 1.33. The summed E-state index contributed by atoms with van der Waals surface area (Å²) in [4.78, 5) is 26.1. The molecule has 5 heteroatoms. The van der Waals surface area contributed by atoms with E-state index < -0.39 is 5.97 Å². The first-order valence-electron chi connectivity index (χ1n) is 6.52. The summed E-state index contributed by atoms with van der Waals surface area (Å²) in [7, 11) is 1.80. The number of carbonyl (C=O) groups excluding carboxylic acids is 1. The number of thiophene rings is 1. The molecular weight excluding hydrogens is 274 g/mol. The molecule has 110 valence electrons. The van der Waals surface area contributed by atoms with Crippen LogP contribution in [-0.2, 0) is 4.79 Å². The largest absolute Gasteiger partial charge is 0.478 e. The molecule has 0 aliphatic heterocycles. The van der Waals surface area contributed by atoms with E-state index in [-0.39, 0.29) is 11.9 Å². The molecule has 0 saturated heterocycles. The van der Waals surface area contributed by atoms with E-state index in [2.05, 4.69) is 13.8 Å². The van der Waals surface area contributed by atoms with Crippen LogP contribution < -0.4 is 0 Å². The van der Waals surface area contributed by atoms with E-state index in [0.717, 1.165) is 16.5 Å². The number of hydrogen-bond donors (Lipinski definition) is 1. The average molecular weight is 295 g/mol. The van der Waals surface area contributed by atoms with Crippen LogP contribution in [0.3, 0.4) is 0 Å². The lowest BCUT2D eigenvalue weighted by Crippen LogP contribution is -2.37. The SMILES string of the molecule is Cc1cc(C(=O)N(C)C(C)C(C)C)sc1/C=C/C(=O)O. The summed E-state index contributed by atoms with van der Waals surface area (Å²) in [5.74, 6) is -0.623. The van der Waals surface area contributed by atoms with E-state index in [9.17, 15) is 9.59 Å². The first kappa shape index (κ1) is 16.4. The maximum Gasteiger partial charge on any atom is 0.328 e. The zero-order valence-electron chi connectivity index (χ0n) is 12.5. The summed E-state index contributed by atoms with van der Waals surface area (Å²) in [6.45, 7) is 8.05. The molecule has 0 fully saturated rings. The Balaban J connectivity index is 2.95. The van der Waals surface area contributed by atoms with Gasteiger partial charge in [0.05, 0.1) is 4.88 Å². The first-order valence-corrected chi connectivity index (χ1v) is 7.34. The van der Waals surface area contributed by atoms with Gasteiger partial charge in [-0.15, -0.1) is 11.3 Å². The van der Waals surface area contributed by atoms with Crippen LogP contribution in [0, 0.1) is 12.8 Å². The molecule has 0 radical (unpaired) electrons. The van der Waals surface area contributed by atoms with Gasteiger partial charge in [-0.3, -0.25) is 4.79 Å². The predicted molar refractivity (Wildman–Crippen MR) is 82.1 cm³/mol. The molecule has 1 atom stereocenters. The molecule has 20 heavy (non-hydrogen) atoms. The van der Waals surface area contributed by atoms with Crippen molar-refractivity contribution in [1.29, 1.82) is 0 Å². The second-order valence-corrected chi connectivity index (χ2v) is 6.31. The summed E-state index contributed by atoms with van der Waals surface area (Å²) in [5.41, 5.74) is 0.918. The van der Waals surface area contributed by atoms with Crippen molar-refractivity contribution in [2.75, 3.05) is 7.05 Å². The molecule has 1 aromatic heterocycles. The summed E-state index contributed by atoms with van der Waals surface area (Å²) < 4.78 is 0. The van der Waals surface area contributed by atoms with Crippen molar-refractivity contribution < 1.29 is 14.7 Å². The van der Waals surface area contributed by atoms with Crippen molar-refractivity contribution in [3.8, 4) is 0 Å². The fourth-order valence-electron chi connectivity index (χ4n) is 1.72. The monoisotopic (exact) mass is 295 g/mol. The van der Waals surface area contributed by atoms with Gasteiger partial charge in [0.25, 0.3) is 5.91 Å². The van der Waals surface area contributed by atoms with E-state index in [0.29, 0.717) is 10.8 Å². The molecule has 0 aliphatic carbocycles. The van der Waals surface area contributed by atoms with Gasteiger partial charge in [-0.05, 0) is 37.5 Å². The zero-order valence-corrected chi connectivity index (χ0v) is 13.3. The Morgan fingerprint density at radius 1 is 1.35 bits per heavy atom. The molecule has 4 nitrogen and oxygen atoms in total. The van der Waals surface area contributed by atoms with Gasteiger partial charge in [0.15, 0.2) is 0 Å². The first-order chi connectivity index (χ1) is 9.23. The average Bonchev–Trinajstić information content (AvgIpc) is 2.74. The molecule has 0 aliphatic rings.